The second kappa shape index (κ2) is 4.95. The first kappa shape index (κ1) is 13.8. The number of hydrogen-bond acceptors (Lipinski definition) is 6. The Hall–Kier alpha value is -2.24. The fourth-order valence-corrected chi connectivity index (χ4v) is 1.73. The second-order valence-electron chi connectivity index (χ2n) is 3.63. The fraction of sp³-hybridized carbons (Fsp3) is 0.333. The van der Waals surface area contributed by atoms with Gasteiger partial charge in [0, 0.05) is 0 Å². The van der Waals surface area contributed by atoms with Gasteiger partial charge in [-0.25, -0.2) is 0 Å². The molecule has 0 radical (unpaired) electrons. The number of Topliss-reactive ketones (excluding diaryl/α,β-unsaturated/α-hetero) is 2. The lowest BCUT2D eigenvalue weighted by atomic mass is 10.0. The predicted octanol–water partition coefficient (Wildman–Crippen LogP) is 1.52. The number of carbonyl (C=O) groups excluding carboxylic acids is 2. The van der Waals surface area contributed by atoms with Crippen molar-refractivity contribution in [3.8, 4) is 23.0 Å². The van der Waals surface area contributed by atoms with Gasteiger partial charge in [0.05, 0.1) is 14.2 Å². The maximum atomic E-state index is 11.5. The highest BCUT2D eigenvalue weighted by Crippen LogP contribution is 2.47. The van der Waals surface area contributed by atoms with Crippen LogP contribution in [0.4, 0.5) is 0 Å². The molecule has 98 valence electrons. The van der Waals surface area contributed by atoms with E-state index in [4.69, 9.17) is 9.47 Å². The molecule has 6 nitrogen and oxygen atoms in total. The van der Waals surface area contributed by atoms with Crippen LogP contribution in [0.15, 0.2) is 0 Å². The summed E-state index contributed by atoms with van der Waals surface area (Å²) in [5.74, 6) is -2.58. The molecule has 0 aliphatic rings. The number of ketones is 2. The molecule has 0 aliphatic heterocycles. The van der Waals surface area contributed by atoms with Gasteiger partial charge in [0.2, 0.25) is 0 Å². The Balaban J connectivity index is 3.85. The highest BCUT2D eigenvalue weighted by atomic mass is 16.5. The number of phenolic OH excluding ortho intramolecular Hbond substituents is 2. The van der Waals surface area contributed by atoms with Crippen molar-refractivity contribution >= 4 is 11.6 Å². The largest absolute Gasteiger partial charge is 0.504 e. The molecular weight excluding hydrogens is 240 g/mol. The third-order valence-corrected chi connectivity index (χ3v) is 2.47. The van der Waals surface area contributed by atoms with Gasteiger partial charge >= 0.3 is 0 Å². The molecular formula is C12H14O6. The molecule has 0 atom stereocenters. The van der Waals surface area contributed by atoms with Crippen molar-refractivity contribution in [1.82, 2.24) is 0 Å². The number of phenols is 2. The molecule has 0 saturated carbocycles. The van der Waals surface area contributed by atoms with Crippen LogP contribution in [0.5, 0.6) is 23.0 Å². The molecule has 18 heavy (non-hydrogen) atoms. The third-order valence-electron chi connectivity index (χ3n) is 2.47. The van der Waals surface area contributed by atoms with Crippen LogP contribution in [0.3, 0.4) is 0 Å². The van der Waals surface area contributed by atoms with Crippen molar-refractivity contribution < 1.29 is 29.3 Å². The van der Waals surface area contributed by atoms with Crippen molar-refractivity contribution in [3.05, 3.63) is 11.1 Å². The maximum Gasteiger partial charge on any atom is 0.176 e. The molecule has 1 aromatic carbocycles. The van der Waals surface area contributed by atoms with Gasteiger partial charge in [0.15, 0.2) is 34.6 Å². The van der Waals surface area contributed by atoms with E-state index in [2.05, 4.69) is 0 Å². The highest BCUT2D eigenvalue weighted by molar-refractivity contribution is 6.07. The van der Waals surface area contributed by atoms with Gasteiger partial charge in [0.1, 0.15) is 11.1 Å². The van der Waals surface area contributed by atoms with Crippen molar-refractivity contribution in [2.75, 3.05) is 14.2 Å². The maximum absolute atomic E-state index is 11.5. The lowest BCUT2D eigenvalue weighted by Crippen LogP contribution is -2.06. The lowest BCUT2D eigenvalue weighted by Gasteiger charge is -2.16. The number of hydrogen-bond donors (Lipinski definition) is 2. The quantitative estimate of drug-likeness (QED) is 0.625. The molecule has 0 aliphatic carbocycles. The summed E-state index contributed by atoms with van der Waals surface area (Å²) in [6, 6.07) is 0. The minimum atomic E-state index is -0.523. The average Bonchev–Trinajstić information content (AvgIpc) is 2.29. The zero-order valence-corrected chi connectivity index (χ0v) is 10.5. The Morgan fingerprint density at radius 1 is 0.833 bits per heavy atom. The zero-order valence-electron chi connectivity index (χ0n) is 10.5. The van der Waals surface area contributed by atoms with Gasteiger partial charge in [-0.15, -0.1) is 0 Å². The number of methoxy groups -OCH3 is 2. The summed E-state index contributed by atoms with van der Waals surface area (Å²) in [7, 11) is 2.44. The van der Waals surface area contributed by atoms with Gasteiger partial charge in [-0.3, -0.25) is 9.59 Å². The third kappa shape index (κ3) is 1.97. The summed E-state index contributed by atoms with van der Waals surface area (Å²) in [5.41, 5.74) is -0.450. The van der Waals surface area contributed by atoms with Gasteiger partial charge < -0.3 is 19.7 Å². The van der Waals surface area contributed by atoms with Gasteiger partial charge in [0.25, 0.3) is 0 Å². The molecule has 0 spiro atoms. The number of ether oxygens (including phenoxy) is 2. The molecule has 6 heteroatoms. The van der Waals surface area contributed by atoms with E-state index in [-0.39, 0.29) is 22.6 Å². The minimum Gasteiger partial charge on any atom is -0.504 e. The Morgan fingerprint density at radius 2 is 1.11 bits per heavy atom. The molecule has 0 bridgehead atoms. The highest BCUT2D eigenvalue weighted by Gasteiger charge is 2.29. The second-order valence-corrected chi connectivity index (χ2v) is 3.63. The number of aromatic hydroxyl groups is 2. The first-order chi connectivity index (χ1) is 8.36. The van der Waals surface area contributed by atoms with E-state index in [0.29, 0.717) is 0 Å². The fourth-order valence-electron chi connectivity index (χ4n) is 1.73. The van der Waals surface area contributed by atoms with Crippen LogP contribution in [-0.4, -0.2) is 36.0 Å². The first-order valence-corrected chi connectivity index (χ1v) is 5.08. The smallest absolute Gasteiger partial charge is 0.176 e. The van der Waals surface area contributed by atoms with Crippen LogP contribution < -0.4 is 9.47 Å². The molecule has 0 aromatic heterocycles. The lowest BCUT2D eigenvalue weighted by molar-refractivity contribution is 0.0989. The van der Waals surface area contributed by atoms with Crippen molar-refractivity contribution in [2.45, 2.75) is 13.8 Å². The normalized spacial score (nSPS) is 10.0. The van der Waals surface area contributed by atoms with Crippen molar-refractivity contribution in [2.24, 2.45) is 0 Å². The standard InChI is InChI=1S/C12H14O6/c1-5(13)7-9(15)12(18-4)8(6(2)14)10(16)11(7)17-3/h15-16H,1-4H3. The van der Waals surface area contributed by atoms with Gasteiger partial charge in [-0.05, 0) is 13.8 Å². The number of benzene rings is 1. The Morgan fingerprint density at radius 3 is 1.28 bits per heavy atom. The molecule has 0 heterocycles. The topological polar surface area (TPSA) is 93.1 Å². The molecule has 0 amide bonds. The Kier molecular flexibility index (Phi) is 3.80. The first-order valence-electron chi connectivity index (χ1n) is 5.08. The molecule has 0 fully saturated rings. The van der Waals surface area contributed by atoms with E-state index >= 15 is 0 Å². The van der Waals surface area contributed by atoms with E-state index in [1.807, 2.05) is 0 Å². The minimum absolute atomic E-state index is 0.225. The summed E-state index contributed by atoms with van der Waals surface area (Å²) in [6.45, 7) is 2.40. The Labute approximate surface area is 104 Å². The van der Waals surface area contributed by atoms with Crippen molar-refractivity contribution in [3.63, 3.8) is 0 Å². The van der Waals surface area contributed by atoms with E-state index in [1.54, 1.807) is 0 Å². The van der Waals surface area contributed by atoms with Crippen LogP contribution >= 0.6 is 0 Å². The zero-order chi connectivity index (χ0) is 14.0. The van der Waals surface area contributed by atoms with E-state index in [1.165, 1.54) is 28.1 Å². The van der Waals surface area contributed by atoms with Crippen molar-refractivity contribution in [1.29, 1.82) is 0 Å². The SMILES string of the molecule is COc1c(O)c(C(C)=O)c(OC)c(O)c1C(C)=O. The van der Waals surface area contributed by atoms with Gasteiger partial charge in [-0.1, -0.05) is 0 Å². The Bertz CT molecular complexity index is 470. The van der Waals surface area contributed by atoms with E-state index in [9.17, 15) is 19.8 Å². The molecule has 0 saturated heterocycles. The average molecular weight is 254 g/mol. The summed E-state index contributed by atoms with van der Waals surface area (Å²) in [4.78, 5) is 22.9. The summed E-state index contributed by atoms with van der Waals surface area (Å²) < 4.78 is 9.74. The summed E-state index contributed by atoms with van der Waals surface area (Å²) in [6.07, 6.45) is 0. The van der Waals surface area contributed by atoms with Crippen LogP contribution in [0.1, 0.15) is 34.6 Å². The van der Waals surface area contributed by atoms with Gasteiger partial charge in [-0.2, -0.15) is 0 Å². The van der Waals surface area contributed by atoms with Crippen LogP contribution in [-0.2, 0) is 0 Å². The molecule has 1 aromatic rings. The summed E-state index contributed by atoms with van der Waals surface area (Å²) in [5, 5.41) is 19.9. The number of carbonyl (C=O) groups is 2. The molecule has 1 rings (SSSR count). The van der Waals surface area contributed by atoms with E-state index < -0.39 is 23.1 Å². The molecule has 2 N–H and O–H groups in total. The van der Waals surface area contributed by atoms with Crippen LogP contribution in [0, 0.1) is 0 Å². The van der Waals surface area contributed by atoms with E-state index in [0.717, 1.165) is 0 Å². The predicted molar refractivity (Wildman–Crippen MR) is 62.9 cm³/mol. The monoisotopic (exact) mass is 254 g/mol. The molecule has 0 unspecified atom stereocenters. The summed E-state index contributed by atoms with van der Waals surface area (Å²) >= 11 is 0. The van der Waals surface area contributed by atoms with Crippen LogP contribution in [0.25, 0.3) is 0 Å². The van der Waals surface area contributed by atoms with Crippen LogP contribution in [0.2, 0.25) is 0 Å². The number of rotatable bonds is 4.